The number of unbranched alkanes of at least 4 members (excludes halogenated alkanes) is 2. The summed E-state index contributed by atoms with van der Waals surface area (Å²) in [5, 5.41) is 2.84. The predicted octanol–water partition coefficient (Wildman–Crippen LogP) is 3.47. The van der Waals surface area contributed by atoms with E-state index >= 15 is 0 Å². The van der Waals surface area contributed by atoms with Crippen LogP contribution < -0.4 is 14.8 Å². The Morgan fingerprint density at radius 2 is 1.93 bits per heavy atom. The molecule has 0 bridgehead atoms. The van der Waals surface area contributed by atoms with Crippen LogP contribution in [0.1, 0.15) is 24.8 Å². The van der Waals surface area contributed by atoms with Crippen molar-refractivity contribution in [3.8, 4) is 11.5 Å². The number of carbonyl (C=O) groups is 1. The summed E-state index contributed by atoms with van der Waals surface area (Å²) in [5.41, 5.74) is 1.23. The zero-order valence-electron chi connectivity index (χ0n) is 16.3. The van der Waals surface area contributed by atoms with Gasteiger partial charge in [0.2, 0.25) is 12.7 Å². The zero-order chi connectivity index (χ0) is 19.3. The van der Waals surface area contributed by atoms with E-state index in [1.165, 1.54) is 5.56 Å². The van der Waals surface area contributed by atoms with Crippen molar-refractivity contribution in [2.75, 3.05) is 34.0 Å². The third kappa shape index (κ3) is 8.60. The van der Waals surface area contributed by atoms with Gasteiger partial charge in [-0.25, -0.2) is 0 Å². The van der Waals surface area contributed by atoms with Gasteiger partial charge >= 0.3 is 0 Å². The predicted molar refractivity (Wildman–Crippen MR) is 109 cm³/mol. The summed E-state index contributed by atoms with van der Waals surface area (Å²) >= 11 is 0. The Hall–Kier alpha value is -2.53. The summed E-state index contributed by atoms with van der Waals surface area (Å²) in [6, 6.07) is 6.08. The van der Waals surface area contributed by atoms with Crippen LogP contribution in [0, 0.1) is 0 Å². The second-order valence-electron chi connectivity index (χ2n) is 6.68. The Bertz CT molecular complexity index is 678. The molecule has 0 unspecified atom stereocenters. The molecule has 1 aliphatic rings. The first-order valence-electron chi connectivity index (χ1n) is 9.44. The van der Waals surface area contributed by atoms with Crippen LogP contribution in [0.5, 0.6) is 11.5 Å². The Labute approximate surface area is 162 Å². The van der Waals surface area contributed by atoms with Crippen molar-refractivity contribution in [2.45, 2.75) is 25.7 Å². The van der Waals surface area contributed by atoms with Crippen LogP contribution in [-0.2, 0) is 11.2 Å². The topological polar surface area (TPSA) is 50.8 Å². The van der Waals surface area contributed by atoms with E-state index in [2.05, 4.69) is 29.6 Å². The van der Waals surface area contributed by atoms with E-state index in [0.717, 1.165) is 43.7 Å². The van der Waals surface area contributed by atoms with E-state index < -0.39 is 0 Å². The van der Waals surface area contributed by atoms with Crippen molar-refractivity contribution in [3.63, 3.8) is 0 Å². The molecule has 2 rings (SSSR count). The second-order valence-corrected chi connectivity index (χ2v) is 6.68. The molecule has 0 aliphatic carbocycles. The van der Waals surface area contributed by atoms with Gasteiger partial charge in [-0.2, -0.15) is 0 Å². The molecule has 0 radical (unpaired) electrons. The molecule has 0 aromatic heterocycles. The lowest BCUT2D eigenvalue weighted by atomic mass is 10.1. The number of rotatable bonds is 11. The number of allylic oxidation sites excluding steroid dienone is 5. The van der Waals surface area contributed by atoms with Crippen LogP contribution in [0.3, 0.4) is 0 Å². The molecular formula is C22H30N2O3. The van der Waals surface area contributed by atoms with Gasteiger partial charge in [0.1, 0.15) is 0 Å². The number of ether oxygens (including phenoxy) is 2. The van der Waals surface area contributed by atoms with Gasteiger partial charge < -0.3 is 19.7 Å². The molecule has 0 atom stereocenters. The number of likely N-dealkylation sites (N-methyl/N-ethyl adjacent to an activating group) is 1. The highest BCUT2D eigenvalue weighted by Crippen LogP contribution is 2.32. The highest BCUT2D eigenvalue weighted by Gasteiger charge is 2.12. The molecular weight excluding hydrogens is 340 g/mol. The summed E-state index contributed by atoms with van der Waals surface area (Å²) in [7, 11) is 3.97. The van der Waals surface area contributed by atoms with Gasteiger partial charge in [-0.3, -0.25) is 4.79 Å². The average Bonchev–Trinajstić information content (AvgIpc) is 3.10. The molecule has 0 saturated carbocycles. The van der Waals surface area contributed by atoms with Crippen molar-refractivity contribution in [1.82, 2.24) is 10.2 Å². The Kier molecular flexibility index (Phi) is 9.21. The first-order valence-corrected chi connectivity index (χ1v) is 9.44. The van der Waals surface area contributed by atoms with E-state index in [9.17, 15) is 4.79 Å². The summed E-state index contributed by atoms with van der Waals surface area (Å²) < 4.78 is 10.7. The molecule has 1 amide bonds. The van der Waals surface area contributed by atoms with E-state index in [4.69, 9.17) is 9.47 Å². The van der Waals surface area contributed by atoms with Gasteiger partial charge in [0.25, 0.3) is 0 Å². The summed E-state index contributed by atoms with van der Waals surface area (Å²) in [6.07, 6.45) is 15.8. The van der Waals surface area contributed by atoms with Crippen molar-refractivity contribution >= 4 is 5.91 Å². The first kappa shape index (κ1) is 20.8. The van der Waals surface area contributed by atoms with Crippen LogP contribution in [0.25, 0.3) is 0 Å². The number of amides is 1. The molecule has 0 fully saturated rings. The maximum Gasteiger partial charge on any atom is 0.244 e. The Balaban J connectivity index is 1.52. The van der Waals surface area contributed by atoms with Crippen molar-refractivity contribution < 1.29 is 14.3 Å². The van der Waals surface area contributed by atoms with Crippen LogP contribution in [0.15, 0.2) is 54.7 Å². The fourth-order valence-corrected chi connectivity index (χ4v) is 2.54. The van der Waals surface area contributed by atoms with Crippen LogP contribution in [0.2, 0.25) is 0 Å². The number of hydrogen-bond acceptors (Lipinski definition) is 4. The normalized spacial score (nSPS) is 13.4. The molecule has 1 heterocycles. The number of carbonyl (C=O) groups excluding carboxylic acids is 1. The van der Waals surface area contributed by atoms with Gasteiger partial charge in [0.05, 0.1) is 0 Å². The van der Waals surface area contributed by atoms with E-state index in [1.807, 2.05) is 37.2 Å². The number of nitrogens with zero attached hydrogens (tertiary/aromatic N) is 1. The lowest BCUT2D eigenvalue weighted by Gasteiger charge is -2.08. The van der Waals surface area contributed by atoms with Crippen LogP contribution in [0.4, 0.5) is 0 Å². The molecule has 146 valence electrons. The molecule has 1 N–H and O–H groups in total. The number of benzene rings is 1. The van der Waals surface area contributed by atoms with E-state index in [0.29, 0.717) is 13.3 Å². The number of fused-ring (bicyclic) bond motifs is 1. The highest BCUT2D eigenvalue weighted by molar-refractivity contribution is 5.87. The molecule has 1 aliphatic heterocycles. The van der Waals surface area contributed by atoms with E-state index in [1.54, 1.807) is 12.2 Å². The Morgan fingerprint density at radius 3 is 2.78 bits per heavy atom. The van der Waals surface area contributed by atoms with Gasteiger partial charge in [-0.05, 0) is 57.5 Å². The standard InChI is InChI=1S/C22H30N2O3/c1-24(2)16-15-23-22(25)12-10-8-6-4-3-5-7-9-11-19-13-14-20-21(17-19)27-18-26-20/h6-10,12-14,17H,3-5,11,15-16,18H2,1-2H3,(H,23,25)/b8-6+,9-7+,12-10+. The van der Waals surface area contributed by atoms with Gasteiger partial charge in [-0.1, -0.05) is 36.4 Å². The smallest absolute Gasteiger partial charge is 0.244 e. The maximum atomic E-state index is 11.5. The van der Waals surface area contributed by atoms with Crippen molar-refractivity contribution in [2.24, 2.45) is 0 Å². The molecule has 27 heavy (non-hydrogen) atoms. The van der Waals surface area contributed by atoms with Crippen LogP contribution in [-0.4, -0.2) is 44.8 Å². The fraction of sp³-hybridized carbons (Fsp3) is 0.409. The van der Waals surface area contributed by atoms with Crippen LogP contribution >= 0.6 is 0 Å². The second kappa shape index (κ2) is 12.0. The summed E-state index contributed by atoms with van der Waals surface area (Å²) in [5.74, 6) is 1.62. The number of hydrogen-bond donors (Lipinski definition) is 1. The molecule has 0 saturated heterocycles. The molecule has 5 heteroatoms. The van der Waals surface area contributed by atoms with Crippen molar-refractivity contribution in [1.29, 1.82) is 0 Å². The van der Waals surface area contributed by atoms with Gasteiger partial charge in [0.15, 0.2) is 11.5 Å². The Morgan fingerprint density at radius 1 is 1.11 bits per heavy atom. The van der Waals surface area contributed by atoms with E-state index in [-0.39, 0.29) is 5.91 Å². The SMILES string of the molecule is CN(C)CCNC(=O)/C=C/C=C/CCC/C=C/Cc1ccc2c(c1)OCO2. The lowest BCUT2D eigenvalue weighted by molar-refractivity contribution is -0.116. The largest absolute Gasteiger partial charge is 0.454 e. The fourth-order valence-electron chi connectivity index (χ4n) is 2.54. The number of nitrogens with one attached hydrogen (secondary N) is 1. The summed E-state index contributed by atoms with van der Waals surface area (Å²) in [4.78, 5) is 13.6. The van der Waals surface area contributed by atoms with Gasteiger partial charge in [-0.15, -0.1) is 0 Å². The maximum absolute atomic E-state index is 11.5. The zero-order valence-corrected chi connectivity index (χ0v) is 16.3. The van der Waals surface area contributed by atoms with Gasteiger partial charge in [0, 0.05) is 19.2 Å². The lowest BCUT2D eigenvalue weighted by Crippen LogP contribution is -2.30. The molecule has 5 nitrogen and oxygen atoms in total. The minimum atomic E-state index is -0.0482. The highest BCUT2D eigenvalue weighted by atomic mass is 16.7. The quantitative estimate of drug-likeness (QED) is 0.280. The third-order valence-corrected chi connectivity index (χ3v) is 4.05. The minimum Gasteiger partial charge on any atom is -0.454 e. The third-order valence-electron chi connectivity index (χ3n) is 4.05. The molecule has 0 spiro atoms. The van der Waals surface area contributed by atoms with Crippen molar-refractivity contribution in [3.05, 3.63) is 60.2 Å². The molecule has 1 aromatic carbocycles. The first-order chi connectivity index (χ1) is 13.1. The molecule has 1 aromatic rings. The monoisotopic (exact) mass is 370 g/mol. The average molecular weight is 370 g/mol. The summed E-state index contributed by atoms with van der Waals surface area (Å²) in [6.45, 7) is 1.83. The minimum absolute atomic E-state index is 0.0482.